The molecule has 6 heteroatoms. The van der Waals surface area contributed by atoms with E-state index in [1.54, 1.807) is 6.92 Å². The number of hydrogen-bond donors (Lipinski definition) is 1. The van der Waals surface area contributed by atoms with Gasteiger partial charge in [-0.05, 0) is 19.0 Å². The van der Waals surface area contributed by atoms with Crippen molar-refractivity contribution in [1.82, 2.24) is 5.32 Å². The van der Waals surface area contributed by atoms with Crippen molar-refractivity contribution in [2.75, 3.05) is 13.1 Å². The summed E-state index contributed by atoms with van der Waals surface area (Å²) in [5.74, 6) is 0.433. The third-order valence-corrected chi connectivity index (χ3v) is 3.78. The molecule has 1 N–H and O–H groups in total. The molecule has 0 aromatic heterocycles. The highest BCUT2D eigenvalue weighted by atomic mass is 16.6. The lowest BCUT2D eigenvalue weighted by molar-refractivity contribution is -0.385. The first-order chi connectivity index (χ1) is 9.01. The van der Waals surface area contributed by atoms with Crippen molar-refractivity contribution in [2.45, 2.75) is 25.4 Å². The fraction of sp³-hybridized carbons (Fsp3) is 0.462. The van der Waals surface area contributed by atoms with Gasteiger partial charge in [0.05, 0.1) is 16.9 Å². The van der Waals surface area contributed by atoms with Crippen molar-refractivity contribution >= 4 is 11.5 Å². The quantitative estimate of drug-likeness (QED) is 0.614. The topological polar surface area (TPSA) is 81.5 Å². The summed E-state index contributed by atoms with van der Waals surface area (Å²) in [7, 11) is 0. The molecule has 1 aromatic carbocycles. The minimum absolute atomic E-state index is 0.0614. The van der Waals surface area contributed by atoms with E-state index in [9.17, 15) is 14.9 Å². The van der Waals surface area contributed by atoms with Crippen LogP contribution in [0.5, 0.6) is 5.75 Å². The second-order valence-electron chi connectivity index (χ2n) is 5.21. The van der Waals surface area contributed by atoms with Crippen LogP contribution in [0.3, 0.4) is 0 Å². The van der Waals surface area contributed by atoms with Crippen LogP contribution in [0, 0.1) is 17.0 Å². The Labute approximate surface area is 109 Å². The number of rotatable bonds is 1. The van der Waals surface area contributed by atoms with Gasteiger partial charge in [0.2, 0.25) is 0 Å². The summed E-state index contributed by atoms with van der Waals surface area (Å²) in [5, 5.41) is 14.0. The zero-order chi connectivity index (χ0) is 13.6. The van der Waals surface area contributed by atoms with E-state index >= 15 is 0 Å². The Morgan fingerprint density at radius 3 is 2.89 bits per heavy atom. The third-order valence-electron chi connectivity index (χ3n) is 3.78. The standard InChI is InChI=1S/C13H14N2O4/c1-8-4-9(15(17)18)5-10-11(16)6-13(19-12(8)10)2-3-14-7-13/h4-5,14H,2-3,6-7H2,1H3. The molecule has 1 spiro atoms. The van der Waals surface area contributed by atoms with Crippen molar-refractivity contribution < 1.29 is 14.5 Å². The van der Waals surface area contributed by atoms with Gasteiger partial charge in [-0.2, -0.15) is 0 Å². The Kier molecular flexibility index (Phi) is 2.56. The summed E-state index contributed by atoms with van der Waals surface area (Å²) in [4.78, 5) is 22.6. The molecule has 0 saturated carbocycles. The number of Topliss-reactive ketones (excluding diaryl/α,β-unsaturated/α-hetero) is 1. The molecule has 1 saturated heterocycles. The summed E-state index contributed by atoms with van der Waals surface area (Å²) in [5.41, 5.74) is 0.451. The molecule has 2 aliphatic heterocycles. The van der Waals surface area contributed by atoms with E-state index in [0.29, 0.717) is 23.4 Å². The van der Waals surface area contributed by atoms with Gasteiger partial charge in [-0.3, -0.25) is 14.9 Å². The number of carbonyl (C=O) groups excluding carboxylic acids is 1. The summed E-state index contributed by atoms with van der Waals surface area (Å²) in [6.45, 7) is 3.21. The maximum atomic E-state index is 12.2. The Morgan fingerprint density at radius 1 is 1.47 bits per heavy atom. The van der Waals surface area contributed by atoms with E-state index in [1.807, 2.05) is 0 Å². The number of fused-ring (bicyclic) bond motifs is 1. The maximum Gasteiger partial charge on any atom is 0.270 e. The first-order valence-corrected chi connectivity index (χ1v) is 6.23. The van der Waals surface area contributed by atoms with Crippen LogP contribution in [-0.4, -0.2) is 29.4 Å². The molecule has 1 atom stereocenters. The Hall–Kier alpha value is -1.95. The fourth-order valence-corrected chi connectivity index (χ4v) is 2.80. The first kappa shape index (κ1) is 12.1. The number of ether oxygens (including phenoxy) is 1. The zero-order valence-corrected chi connectivity index (χ0v) is 10.6. The molecular formula is C13H14N2O4. The molecule has 0 bridgehead atoms. The van der Waals surface area contributed by atoms with Crippen molar-refractivity contribution in [2.24, 2.45) is 0 Å². The largest absolute Gasteiger partial charge is 0.484 e. The van der Waals surface area contributed by atoms with Crippen LogP contribution in [0.15, 0.2) is 12.1 Å². The van der Waals surface area contributed by atoms with Crippen LogP contribution in [0.4, 0.5) is 5.69 Å². The number of nitro groups is 1. The SMILES string of the molecule is Cc1cc([N+](=O)[O-])cc2c1OC1(CCNC1)CC2=O. The lowest BCUT2D eigenvalue weighted by atomic mass is 9.88. The lowest BCUT2D eigenvalue weighted by Gasteiger charge is -2.34. The second-order valence-corrected chi connectivity index (χ2v) is 5.21. The van der Waals surface area contributed by atoms with Crippen LogP contribution < -0.4 is 10.1 Å². The van der Waals surface area contributed by atoms with E-state index in [4.69, 9.17) is 4.74 Å². The molecule has 6 nitrogen and oxygen atoms in total. The molecule has 1 unspecified atom stereocenters. The smallest absolute Gasteiger partial charge is 0.270 e. The van der Waals surface area contributed by atoms with Crippen LogP contribution in [0.1, 0.15) is 28.8 Å². The molecule has 1 aromatic rings. The molecule has 2 aliphatic rings. The van der Waals surface area contributed by atoms with Gasteiger partial charge in [0, 0.05) is 25.1 Å². The minimum atomic E-state index is -0.484. The molecule has 0 aliphatic carbocycles. The van der Waals surface area contributed by atoms with E-state index in [2.05, 4.69) is 5.32 Å². The van der Waals surface area contributed by atoms with Gasteiger partial charge >= 0.3 is 0 Å². The van der Waals surface area contributed by atoms with Gasteiger partial charge in [-0.25, -0.2) is 0 Å². The first-order valence-electron chi connectivity index (χ1n) is 6.23. The molecular weight excluding hydrogens is 248 g/mol. The monoisotopic (exact) mass is 262 g/mol. The Balaban J connectivity index is 2.08. The van der Waals surface area contributed by atoms with Crippen LogP contribution in [0.2, 0.25) is 0 Å². The summed E-state index contributed by atoms with van der Waals surface area (Å²) < 4.78 is 6.01. The van der Waals surface area contributed by atoms with Crippen molar-refractivity contribution in [3.05, 3.63) is 33.4 Å². The average Bonchev–Trinajstić information content (AvgIpc) is 2.78. The predicted molar refractivity (Wildman–Crippen MR) is 67.6 cm³/mol. The van der Waals surface area contributed by atoms with Crippen molar-refractivity contribution in [1.29, 1.82) is 0 Å². The molecule has 2 heterocycles. The normalized spacial score (nSPS) is 25.2. The highest BCUT2D eigenvalue weighted by Gasteiger charge is 2.43. The number of ketones is 1. The Bertz CT molecular complexity index is 576. The predicted octanol–water partition coefficient (Wildman–Crippen LogP) is 1.60. The van der Waals surface area contributed by atoms with Crippen molar-refractivity contribution in [3.8, 4) is 5.75 Å². The van der Waals surface area contributed by atoms with Crippen LogP contribution in [-0.2, 0) is 0 Å². The zero-order valence-electron chi connectivity index (χ0n) is 10.6. The lowest BCUT2D eigenvalue weighted by Crippen LogP contribution is -2.44. The number of aryl methyl sites for hydroxylation is 1. The van der Waals surface area contributed by atoms with E-state index in [1.165, 1.54) is 12.1 Å². The summed E-state index contributed by atoms with van der Waals surface area (Å²) in [6, 6.07) is 2.77. The molecule has 1 fully saturated rings. The van der Waals surface area contributed by atoms with Gasteiger partial charge in [-0.15, -0.1) is 0 Å². The molecule has 19 heavy (non-hydrogen) atoms. The van der Waals surface area contributed by atoms with Gasteiger partial charge in [0.25, 0.3) is 5.69 Å². The molecule has 3 rings (SSSR count). The highest BCUT2D eigenvalue weighted by molar-refractivity contribution is 6.01. The number of nitro benzene ring substituents is 1. The number of non-ortho nitro benzene ring substituents is 1. The maximum absolute atomic E-state index is 12.2. The average molecular weight is 262 g/mol. The minimum Gasteiger partial charge on any atom is -0.484 e. The number of hydrogen-bond acceptors (Lipinski definition) is 5. The van der Waals surface area contributed by atoms with Gasteiger partial charge in [0.15, 0.2) is 5.78 Å². The number of nitrogens with one attached hydrogen (secondary N) is 1. The number of nitrogens with zero attached hydrogens (tertiary/aromatic N) is 1. The number of benzene rings is 1. The second kappa shape index (κ2) is 4.03. The fourth-order valence-electron chi connectivity index (χ4n) is 2.80. The van der Waals surface area contributed by atoms with Crippen LogP contribution >= 0.6 is 0 Å². The summed E-state index contributed by atoms with van der Waals surface area (Å²) >= 11 is 0. The number of carbonyl (C=O) groups is 1. The van der Waals surface area contributed by atoms with Gasteiger partial charge < -0.3 is 10.1 Å². The van der Waals surface area contributed by atoms with E-state index < -0.39 is 10.5 Å². The summed E-state index contributed by atoms with van der Waals surface area (Å²) in [6.07, 6.45) is 1.07. The van der Waals surface area contributed by atoms with Gasteiger partial charge in [0.1, 0.15) is 11.4 Å². The van der Waals surface area contributed by atoms with Gasteiger partial charge in [-0.1, -0.05) is 0 Å². The Morgan fingerprint density at radius 2 is 2.26 bits per heavy atom. The molecule has 0 radical (unpaired) electrons. The van der Waals surface area contributed by atoms with Crippen LogP contribution in [0.25, 0.3) is 0 Å². The van der Waals surface area contributed by atoms with E-state index in [-0.39, 0.29) is 17.9 Å². The van der Waals surface area contributed by atoms with E-state index in [0.717, 1.165) is 13.0 Å². The molecule has 0 amide bonds. The highest BCUT2D eigenvalue weighted by Crippen LogP contribution is 2.40. The molecule has 100 valence electrons. The third kappa shape index (κ3) is 1.88. The van der Waals surface area contributed by atoms with Crippen molar-refractivity contribution in [3.63, 3.8) is 0 Å².